The number of ketones is 1. The van der Waals surface area contributed by atoms with Gasteiger partial charge in [0.25, 0.3) is 0 Å². The normalized spacial score (nSPS) is 20.8. The minimum Gasteiger partial charge on any atom is -0.508 e. The van der Waals surface area contributed by atoms with Crippen molar-refractivity contribution < 1.29 is 15.0 Å². The van der Waals surface area contributed by atoms with Crippen molar-refractivity contribution in [3.05, 3.63) is 70.8 Å². The first kappa shape index (κ1) is 12.6. The molecule has 0 bridgehead atoms. The van der Waals surface area contributed by atoms with Gasteiger partial charge < -0.3 is 10.2 Å². The number of Topliss-reactive ketones (excluding diaryl/α,β-unsaturated/α-hetero) is 1. The summed E-state index contributed by atoms with van der Waals surface area (Å²) >= 11 is 0. The Bertz CT molecular complexity index is 731. The van der Waals surface area contributed by atoms with Gasteiger partial charge in [-0.15, -0.1) is 0 Å². The van der Waals surface area contributed by atoms with Crippen molar-refractivity contribution in [1.29, 1.82) is 0 Å². The molecular weight excluding hydrogens is 252 g/mol. The fourth-order valence-electron chi connectivity index (χ4n) is 2.51. The van der Waals surface area contributed by atoms with Gasteiger partial charge in [0.15, 0.2) is 5.60 Å². The first-order chi connectivity index (χ1) is 9.52. The van der Waals surface area contributed by atoms with E-state index in [1.807, 2.05) is 19.1 Å². The zero-order valence-corrected chi connectivity index (χ0v) is 11.0. The molecule has 3 nitrogen and oxygen atoms in total. The standard InChI is InChI=1S/C17H14O3/c1-11-6-7-15(18)14(10-11)17(20)9-8-12-4-2-3-5-13(12)16(17)19/h2-10,18,20H,1H3. The molecule has 2 aromatic rings. The monoisotopic (exact) mass is 266 g/mol. The fourth-order valence-corrected chi connectivity index (χ4v) is 2.51. The minimum atomic E-state index is -1.82. The van der Waals surface area contributed by atoms with Crippen molar-refractivity contribution in [2.24, 2.45) is 0 Å². The molecule has 0 amide bonds. The number of carbonyl (C=O) groups is 1. The molecule has 0 spiro atoms. The number of hydrogen-bond donors (Lipinski definition) is 2. The molecule has 0 aliphatic heterocycles. The highest BCUT2D eigenvalue weighted by Gasteiger charge is 2.40. The van der Waals surface area contributed by atoms with Crippen molar-refractivity contribution in [3.8, 4) is 5.75 Å². The zero-order valence-electron chi connectivity index (χ0n) is 11.0. The molecule has 1 atom stereocenters. The topological polar surface area (TPSA) is 57.5 Å². The number of hydrogen-bond acceptors (Lipinski definition) is 3. The maximum Gasteiger partial charge on any atom is 0.203 e. The van der Waals surface area contributed by atoms with Crippen LogP contribution in [0.15, 0.2) is 48.5 Å². The Morgan fingerprint density at radius 1 is 1.10 bits per heavy atom. The molecule has 0 aromatic heterocycles. The molecule has 2 aromatic carbocycles. The number of rotatable bonds is 1. The van der Waals surface area contributed by atoms with Crippen LogP contribution in [0.3, 0.4) is 0 Å². The second-order valence-electron chi connectivity index (χ2n) is 5.04. The van der Waals surface area contributed by atoms with E-state index in [0.717, 1.165) is 11.1 Å². The maximum atomic E-state index is 12.6. The van der Waals surface area contributed by atoms with E-state index in [0.29, 0.717) is 5.56 Å². The average Bonchev–Trinajstić information content (AvgIpc) is 2.46. The van der Waals surface area contributed by atoms with Gasteiger partial charge in [0.05, 0.1) is 0 Å². The fraction of sp³-hybridized carbons (Fsp3) is 0.118. The molecule has 0 saturated carbocycles. The van der Waals surface area contributed by atoms with Crippen molar-refractivity contribution in [1.82, 2.24) is 0 Å². The van der Waals surface area contributed by atoms with E-state index < -0.39 is 11.4 Å². The van der Waals surface area contributed by atoms with Gasteiger partial charge in [-0.3, -0.25) is 4.79 Å². The van der Waals surface area contributed by atoms with Crippen molar-refractivity contribution >= 4 is 11.9 Å². The van der Waals surface area contributed by atoms with Gasteiger partial charge in [0.1, 0.15) is 5.75 Å². The van der Waals surface area contributed by atoms with Gasteiger partial charge in [-0.25, -0.2) is 0 Å². The Morgan fingerprint density at radius 2 is 1.85 bits per heavy atom. The van der Waals surface area contributed by atoms with Crippen LogP contribution in [0, 0.1) is 6.92 Å². The van der Waals surface area contributed by atoms with Crippen LogP contribution in [-0.4, -0.2) is 16.0 Å². The van der Waals surface area contributed by atoms with Gasteiger partial charge in [0.2, 0.25) is 5.78 Å². The SMILES string of the molecule is Cc1ccc(O)c(C2(O)C=Cc3ccccc3C2=O)c1. The number of aliphatic hydroxyl groups is 1. The lowest BCUT2D eigenvalue weighted by Gasteiger charge is -2.28. The van der Waals surface area contributed by atoms with Gasteiger partial charge in [-0.2, -0.15) is 0 Å². The number of fused-ring (bicyclic) bond motifs is 1. The molecule has 3 heteroatoms. The van der Waals surface area contributed by atoms with Crippen LogP contribution in [0.1, 0.15) is 27.0 Å². The summed E-state index contributed by atoms with van der Waals surface area (Å²) < 4.78 is 0. The highest BCUT2D eigenvalue weighted by atomic mass is 16.3. The predicted octanol–water partition coefficient (Wildman–Crippen LogP) is 2.80. The summed E-state index contributed by atoms with van der Waals surface area (Å²) in [5.74, 6) is -0.507. The van der Waals surface area contributed by atoms with Crippen LogP contribution in [0.2, 0.25) is 0 Å². The summed E-state index contributed by atoms with van der Waals surface area (Å²) in [6.45, 7) is 1.84. The number of phenols is 1. The Kier molecular flexibility index (Phi) is 2.73. The average molecular weight is 266 g/mol. The molecule has 100 valence electrons. The summed E-state index contributed by atoms with van der Waals surface area (Å²) in [4.78, 5) is 12.6. The summed E-state index contributed by atoms with van der Waals surface area (Å²) in [5, 5.41) is 20.7. The Hall–Kier alpha value is -2.39. The van der Waals surface area contributed by atoms with E-state index in [2.05, 4.69) is 0 Å². The van der Waals surface area contributed by atoms with E-state index in [9.17, 15) is 15.0 Å². The quantitative estimate of drug-likeness (QED) is 0.834. The van der Waals surface area contributed by atoms with E-state index in [1.165, 1.54) is 12.1 Å². The van der Waals surface area contributed by atoms with Crippen LogP contribution >= 0.6 is 0 Å². The number of phenolic OH excluding ortho intramolecular Hbond substituents is 1. The predicted molar refractivity (Wildman–Crippen MR) is 76.5 cm³/mol. The molecule has 20 heavy (non-hydrogen) atoms. The molecule has 2 N–H and O–H groups in total. The zero-order chi connectivity index (χ0) is 14.3. The van der Waals surface area contributed by atoms with Crippen molar-refractivity contribution in [3.63, 3.8) is 0 Å². The van der Waals surface area contributed by atoms with Gasteiger partial charge >= 0.3 is 0 Å². The van der Waals surface area contributed by atoms with Gasteiger partial charge in [-0.05, 0) is 30.7 Å². The Balaban J connectivity index is 2.20. The third-order valence-electron chi connectivity index (χ3n) is 3.62. The van der Waals surface area contributed by atoms with E-state index in [4.69, 9.17) is 0 Å². The van der Waals surface area contributed by atoms with Gasteiger partial charge in [0, 0.05) is 11.1 Å². The molecule has 0 radical (unpaired) electrons. The smallest absolute Gasteiger partial charge is 0.203 e. The lowest BCUT2D eigenvalue weighted by atomic mass is 9.79. The number of benzene rings is 2. The van der Waals surface area contributed by atoms with E-state index in [1.54, 1.807) is 30.3 Å². The summed E-state index contributed by atoms with van der Waals surface area (Å²) in [7, 11) is 0. The largest absolute Gasteiger partial charge is 0.508 e. The summed E-state index contributed by atoms with van der Waals surface area (Å²) in [6.07, 6.45) is 3.14. The van der Waals surface area contributed by atoms with Crippen LogP contribution in [0.5, 0.6) is 5.75 Å². The lowest BCUT2D eigenvalue weighted by molar-refractivity contribution is 0.0505. The van der Waals surface area contributed by atoms with Crippen LogP contribution in [-0.2, 0) is 5.60 Å². The lowest BCUT2D eigenvalue weighted by Crippen LogP contribution is -2.36. The Morgan fingerprint density at radius 3 is 2.65 bits per heavy atom. The molecule has 1 aliphatic carbocycles. The molecule has 0 heterocycles. The van der Waals surface area contributed by atoms with E-state index in [-0.39, 0.29) is 11.3 Å². The molecular formula is C17H14O3. The maximum absolute atomic E-state index is 12.6. The Labute approximate surface area is 116 Å². The third kappa shape index (κ3) is 1.75. The van der Waals surface area contributed by atoms with Crippen LogP contribution in [0.25, 0.3) is 6.08 Å². The molecule has 1 aliphatic rings. The highest BCUT2D eigenvalue weighted by Crippen LogP contribution is 2.38. The first-order valence-electron chi connectivity index (χ1n) is 6.38. The van der Waals surface area contributed by atoms with Gasteiger partial charge in [-0.1, -0.05) is 42.0 Å². The summed E-state index contributed by atoms with van der Waals surface area (Å²) in [5.41, 5.74) is 0.497. The number of aryl methyl sites for hydroxylation is 1. The van der Waals surface area contributed by atoms with Crippen LogP contribution < -0.4 is 0 Å². The molecule has 1 unspecified atom stereocenters. The number of carbonyl (C=O) groups excluding carboxylic acids is 1. The third-order valence-corrected chi connectivity index (χ3v) is 3.62. The summed E-state index contributed by atoms with van der Waals surface area (Å²) in [6, 6.07) is 11.9. The minimum absolute atomic E-state index is 0.0875. The molecule has 0 fully saturated rings. The molecule has 0 saturated heterocycles. The number of aromatic hydroxyl groups is 1. The first-order valence-corrected chi connectivity index (χ1v) is 6.38. The second kappa shape index (κ2) is 4.32. The van der Waals surface area contributed by atoms with Crippen LogP contribution in [0.4, 0.5) is 0 Å². The van der Waals surface area contributed by atoms with Crippen molar-refractivity contribution in [2.45, 2.75) is 12.5 Å². The van der Waals surface area contributed by atoms with E-state index >= 15 is 0 Å². The molecule has 3 rings (SSSR count). The highest BCUT2D eigenvalue weighted by molar-refractivity contribution is 6.09. The second-order valence-corrected chi connectivity index (χ2v) is 5.04. The van der Waals surface area contributed by atoms with Crippen molar-refractivity contribution in [2.75, 3.05) is 0 Å².